The van der Waals surface area contributed by atoms with E-state index >= 15 is 0 Å². The Bertz CT molecular complexity index is 677. The summed E-state index contributed by atoms with van der Waals surface area (Å²) in [6, 6.07) is 15.8. The molecule has 1 aliphatic heterocycles. The van der Waals surface area contributed by atoms with E-state index in [1.54, 1.807) is 0 Å². The number of hydrogen-bond acceptors (Lipinski definition) is 2. The lowest BCUT2D eigenvalue weighted by Crippen LogP contribution is -2.40. The Labute approximate surface area is 125 Å². The lowest BCUT2D eigenvalue weighted by molar-refractivity contribution is -0.136. The van der Waals surface area contributed by atoms with Crippen LogP contribution in [0.15, 0.2) is 48.5 Å². The van der Waals surface area contributed by atoms with Gasteiger partial charge in [-0.3, -0.25) is 4.79 Å². The number of nitrogens with two attached hydrogens (primary N) is 1. The van der Waals surface area contributed by atoms with E-state index in [2.05, 4.69) is 0 Å². The van der Waals surface area contributed by atoms with Gasteiger partial charge in [-0.25, -0.2) is 0 Å². The maximum absolute atomic E-state index is 12.9. The summed E-state index contributed by atoms with van der Waals surface area (Å²) < 4.78 is 0. The highest BCUT2D eigenvalue weighted by atomic mass is 16.2. The number of rotatable bonds is 2. The van der Waals surface area contributed by atoms with Crippen molar-refractivity contribution in [3.05, 3.63) is 65.2 Å². The Morgan fingerprint density at radius 1 is 1.05 bits per heavy atom. The Kier molecular flexibility index (Phi) is 3.20. The Hall–Kier alpha value is -2.29. The molecule has 0 radical (unpaired) electrons. The van der Waals surface area contributed by atoms with Gasteiger partial charge in [0.15, 0.2) is 0 Å². The molecule has 21 heavy (non-hydrogen) atoms. The van der Waals surface area contributed by atoms with Crippen molar-refractivity contribution in [2.24, 2.45) is 0 Å². The number of carbonyl (C=O) groups excluding carboxylic acids is 1. The zero-order valence-electron chi connectivity index (χ0n) is 12.5. The minimum Gasteiger partial charge on any atom is -0.399 e. The molecule has 0 bridgehead atoms. The molecule has 0 unspecified atom stereocenters. The van der Waals surface area contributed by atoms with Gasteiger partial charge in [-0.2, -0.15) is 0 Å². The first-order chi connectivity index (χ1) is 9.98. The zero-order valence-corrected chi connectivity index (χ0v) is 12.5. The second-order valence-electron chi connectivity index (χ2n) is 6.18. The summed E-state index contributed by atoms with van der Waals surface area (Å²) in [5.74, 6) is 0.156. The fourth-order valence-corrected chi connectivity index (χ4v) is 2.93. The highest BCUT2D eigenvalue weighted by Crippen LogP contribution is 2.31. The molecule has 0 spiro atoms. The first-order valence-electron chi connectivity index (χ1n) is 7.20. The van der Waals surface area contributed by atoms with E-state index in [4.69, 9.17) is 5.73 Å². The molecule has 2 aromatic carbocycles. The number of nitrogen functional groups attached to an aromatic ring is 1. The van der Waals surface area contributed by atoms with Crippen LogP contribution in [0.1, 0.15) is 30.5 Å². The molecule has 1 aliphatic rings. The number of hydrogen-bond donors (Lipinski definition) is 1. The summed E-state index contributed by atoms with van der Waals surface area (Å²) in [6.07, 6.45) is 0. The van der Waals surface area contributed by atoms with Crippen LogP contribution < -0.4 is 5.73 Å². The molecule has 3 heteroatoms. The predicted molar refractivity (Wildman–Crippen MR) is 84.6 cm³/mol. The fraction of sp³-hybridized carbons (Fsp3) is 0.278. The van der Waals surface area contributed by atoms with Gasteiger partial charge < -0.3 is 10.6 Å². The van der Waals surface area contributed by atoms with Gasteiger partial charge in [-0.15, -0.1) is 0 Å². The maximum atomic E-state index is 12.9. The van der Waals surface area contributed by atoms with Crippen LogP contribution in [0.5, 0.6) is 0 Å². The highest BCUT2D eigenvalue weighted by Gasteiger charge is 2.36. The van der Waals surface area contributed by atoms with Crippen LogP contribution in [0.4, 0.5) is 5.69 Å². The van der Waals surface area contributed by atoms with E-state index in [-0.39, 0.29) is 5.91 Å². The molecule has 108 valence electrons. The second-order valence-corrected chi connectivity index (χ2v) is 6.18. The number of fused-ring (bicyclic) bond motifs is 1. The van der Waals surface area contributed by atoms with Gasteiger partial charge in [0, 0.05) is 18.8 Å². The van der Waals surface area contributed by atoms with Crippen molar-refractivity contribution < 1.29 is 4.79 Å². The van der Waals surface area contributed by atoms with Crippen molar-refractivity contribution >= 4 is 11.6 Å². The summed E-state index contributed by atoms with van der Waals surface area (Å²) in [7, 11) is 0. The van der Waals surface area contributed by atoms with Crippen molar-refractivity contribution in [2.45, 2.75) is 32.4 Å². The average Bonchev–Trinajstić information content (AvgIpc) is 2.90. The van der Waals surface area contributed by atoms with Crippen LogP contribution >= 0.6 is 0 Å². The van der Waals surface area contributed by atoms with E-state index in [0.717, 1.165) is 16.8 Å². The summed E-state index contributed by atoms with van der Waals surface area (Å²) in [4.78, 5) is 14.8. The summed E-state index contributed by atoms with van der Waals surface area (Å²) in [5.41, 5.74) is 9.46. The van der Waals surface area contributed by atoms with Crippen LogP contribution in [-0.2, 0) is 23.3 Å². The molecule has 0 saturated carbocycles. The smallest absolute Gasteiger partial charge is 0.233 e. The third-order valence-corrected chi connectivity index (χ3v) is 4.27. The molecule has 0 aromatic heterocycles. The molecule has 2 aromatic rings. The quantitative estimate of drug-likeness (QED) is 0.859. The van der Waals surface area contributed by atoms with Crippen molar-refractivity contribution in [3.63, 3.8) is 0 Å². The van der Waals surface area contributed by atoms with Crippen molar-refractivity contribution in [2.75, 3.05) is 5.73 Å². The lowest BCUT2D eigenvalue weighted by Gasteiger charge is -2.29. The van der Waals surface area contributed by atoms with E-state index in [1.807, 2.05) is 67.3 Å². The molecule has 0 fully saturated rings. The molecule has 0 saturated heterocycles. The Balaban J connectivity index is 1.84. The fourth-order valence-electron chi connectivity index (χ4n) is 2.93. The molecular weight excluding hydrogens is 260 g/mol. The third kappa shape index (κ3) is 2.40. The van der Waals surface area contributed by atoms with Crippen LogP contribution in [0.2, 0.25) is 0 Å². The number of nitrogens with zero attached hydrogens (tertiary/aromatic N) is 1. The van der Waals surface area contributed by atoms with E-state index in [1.165, 1.54) is 5.56 Å². The molecule has 0 atom stereocenters. The number of benzene rings is 2. The standard InChI is InChI=1S/C18H20N2O/c1-18(2,15-6-4-3-5-7-15)17(21)20-11-13-8-9-16(19)10-14(13)12-20/h3-10H,11-12,19H2,1-2H3. The second kappa shape index (κ2) is 4.92. The third-order valence-electron chi connectivity index (χ3n) is 4.27. The monoisotopic (exact) mass is 280 g/mol. The molecular formula is C18H20N2O. The Morgan fingerprint density at radius 3 is 2.43 bits per heavy atom. The van der Waals surface area contributed by atoms with Gasteiger partial charge in [0.25, 0.3) is 0 Å². The molecule has 1 amide bonds. The molecule has 0 aliphatic carbocycles. The van der Waals surface area contributed by atoms with Crippen molar-refractivity contribution in [1.82, 2.24) is 4.90 Å². The van der Waals surface area contributed by atoms with Crippen LogP contribution in [0, 0.1) is 0 Å². The van der Waals surface area contributed by atoms with Gasteiger partial charge in [0.1, 0.15) is 0 Å². The highest BCUT2D eigenvalue weighted by molar-refractivity contribution is 5.87. The Morgan fingerprint density at radius 2 is 1.71 bits per heavy atom. The summed E-state index contributed by atoms with van der Waals surface area (Å²) in [6.45, 7) is 5.30. The van der Waals surface area contributed by atoms with E-state index in [0.29, 0.717) is 13.1 Å². The SMILES string of the molecule is CC(C)(C(=O)N1Cc2ccc(N)cc2C1)c1ccccc1. The number of anilines is 1. The molecule has 3 rings (SSSR count). The van der Waals surface area contributed by atoms with E-state index < -0.39 is 5.41 Å². The van der Waals surface area contributed by atoms with Gasteiger partial charge in [-0.05, 0) is 42.7 Å². The first kappa shape index (κ1) is 13.7. The molecule has 1 heterocycles. The minimum absolute atomic E-state index is 0.156. The topological polar surface area (TPSA) is 46.3 Å². The van der Waals surface area contributed by atoms with E-state index in [9.17, 15) is 4.79 Å². The predicted octanol–water partition coefficient (Wildman–Crippen LogP) is 3.09. The largest absolute Gasteiger partial charge is 0.399 e. The number of carbonyl (C=O) groups is 1. The van der Waals surface area contributed by atoms with Crippen LogP contribution in [0.3, 0.4) is 0 Å². The van der Waals surface area contributed by atoms with Crippen molar-refractivity contribution in [1.29, 1.82) is 0 Å². The van der Waals surface area contributed by atoms with Gasteiger partial charge >= 0.3 is 0 Å². The maximum Gasteiger partial charge on any atom is 0.233 e. The average molecular weight is 280 g/mol. The van der Waals surface area contributed by atoms with Gasteiger partial charge in [-0.1, -0.05) is 36.4 Å². The summed E-state index contributed by atoms with van der Waals surface area (Å²) >= 11 is 0. The first-order valence-corrected chi connectivity index (χ1v) is 7.20. The van der Waals surface area contributed by atoms with Gasteiger partial charge in [0.05, 0.1) is 5.41 Å². The van der Waals surface area contributed by atoms with Crippen molar-refractivity contribution in [3.8, 4) is 0 Å². The zero-order chi connectivity index (χ0) is 15.0. The molecule has 3 nitrogen and oxygen atoms in total. The lowest BCUT2D eigenvalue weighted by atomic mass is 9.83. The molecule has 2 N–H and O–H groups in total. The summed E-state index contributed by atoms with van der Waals surface area (Å²) in [5, 5.41) is 0. The van der Waals surface area contributed by atoms with Crippen LogP contribution in [0.25, 0.3) is 0 Å². The minimum atomic E-state index is -0.519. The van der Waals surface area contributed by atoms with Crippen LogP contribution in [-0.4, -0.2) is 10.8 Å². The normalized spacial score (nSPS) is 14.1. The number of amides is 1. The van der Waals surface area contributed by atoms with Gasteiger partial charge in [0.2, 0.25) is 5.91 Å².